The molecule has 3 amide bonds. The van der Waals surface area contributed by atoms with E-state index in [0.717, 1.165) is 19.9 Å². The summed E-state index contributed by atoms with van der Waals surface area (Å²) < 4.78 is 6.09. The SMILES string of the molecule is C[C@@H](OC(=O)/C=C/c1sc2ccccc2c1Cl)C(=O)N1CCNC1=O. The van der Waals surface area contributed by atoms with Crippen molar-refractivity contribution in [3.05, 3.63) is 40.2 Å². The number of hydrogen-bond donors (Lipinski definition) is 1. The summed E-state index contributed by atoms with van der Waals surface area (Å²) in [6.45, 7) is 2.11. The van der Waals surface area contributed by atoms with Gasteiger partial charge in [-0.2, -0.15) is 0 Å². The topological polar surface area (TPSA) is 75.7 Å². The van der Waals surface area contributed by atoms with E-state index in [1.165, 1.54) is 24.3 Å². The van der Waals surface area contributed by atoms with Gasteiger partial charge in [0.2, 0.25) is 0 Å². The Labute approximate surface area is 153 Å². The van der Waals surface area contributed by atoms with Crippen molar-refractivity contribution in [3.63, 3.8) is 0 Å². The Hall–Kier alpha value is -2.38. The van der Waals surface area contributed by atoms with Crippen LogP contribution < -0.4 is 5.32 Å². The lowest BCUT2D eigenvalue weighted by Gasteiger charge is -2.17. The van der Waals surface area contributed by atoms with Gasteiger partial charge in [-0.25, -0.2) is 9.59 Å². The molecule has 1 N–H and O–H groups in total. The molecule has 25 heavy (non-hydrogen) atoms. The van der Waals surface area contributed by atoms with Crippen LogP contribution in [0.25, 0.3) is 16.2 Å². The first-order valence-electron chi connectivity index (χ1n) is 7.62. The largest absolute Gasteiger partial charge is 0.449 e. The summed E-state index contributed by atoms with van der Waals surface area (Å²) in [5.41, 5.74) is 0. The standard InChI is InChI=1S/C17H15ClN2O4S/c1-10(16(22)20-9-8-19-17(20)23)24-14(21)7-6-13-15(18)11-4-2-3-5-12(11)25-13/h2-7,10H,8-9H2,1H3,(H,19,23)/b7-6+/t10-/m1/s1. The van der Waals surface area contributed by atoms with E-state index >= 15 is 0 Å². The molecule has 0 aliphatic carbocycles. The molecule has 0 spiro atoms. The minimum atomic E-state index is -1.04. The number of carbonyl (C=O) groups excluding carboxylic acids is 3. The van der Waals surface area contributed by atoms with Gasteiger partial charge in [0.15, 0.2) is 6.10 Å². The fourth-order valence-corrected chi connectivity index (χ4v) is 3.85. The monoisotopic (exact) mass is 378 g/mol. The molecule has 3 rings (SSSR count). The summed E-state index contributed by atoms with van der Waals surface area (Å²) in [5.74, 6) is -1.22. The smallest absolute Gasteiger partial charge is 0.331 e. The van der Waals surface area contributed by atoms with E-state index in [9.17, 15) is 14.4 Å². The lowest BCUT2D eigenvalue weighted by atomic mass is 10.2. The van der Waals surface area contributed by atoms with E-state index in [1.54, 1.807) is 6.08 Å². The van der Waals surface area contributed by atoms with Crippen molar-refractivity contribution in [2.75, 3.05) is 13.1 Å². The summed E-state index contributed by atoms with van der Waals surface area (Å²) in [5, 5.41) is 4.02. The second-order valence-electron chi connectivity index (χ2n) is 5.41. The van der Waals surface area contributed by atoms with E-state index in [1.807, 2.05) is 24.3 Å². The minimum absolute atomic E-state index is 0.271. The van der Waals surface area contributed by atoms with Gasteiger partial charge >= 0.3 is 12.0 Å². The van der Waals surface area contributed by atoms with Crippen molar-refractivity contribution < 1.29 is 19.1 Å². The average molecular weight is 379 g/mol. The summed E-state index contributed by atoms with van der Waals surface area (Å²) in [4.78, 5) is 37.2. The Morgan fingerprint density at radius 3 is 2.84 bits per heavy atom. The molecule has 1 aromatic heterocycles. The first kappa shape index (κ1) is 17.4. The number of nitrogens with zero attached hydrogens (tertiary/aromatic N) is 1. The number of ether oxygens (including phenoxy) is 1. The van der Waals surface area contributed by atoms with Crippen LogP contribution in [-0.2, 0) is 14.3 Å². The van der Waals surface area contributed by atoms with Gasteiger partial charge in [-0.15, -0.1) is 11.3 Å². The van der Waals surface area contributed by atoms with Gasteiger partial charge in [-0.05, 0) is 19.1 Å². The number of urea groups is 1. The molecule has 2 aromatic rings. The molecule has 2 heterocycles. The van der Waals surface area contributed by atoms with Gasteiger partial charge in [0.1, 0.15) is 0 Å². The number of imide groups is 1. The Kier molecular flexibility index (Phi) is 5.06. The zero-order valence-electron chi connectivity index (χ0n) is 13.3. The van der Waals surface area contributed by atoms with E-state index in [-0.39, 0.29) is 6.54 Å². The van der Waals surface area contributed by atoms with Crippen molar-refractivity contribution in [2.45, 2.75) is 13.0 Å². The lowest BCUT2D eigenvalue weighted by Crippen LogP contribution is -2.41. The Morgan fingerprint density at radius 1 is 1.40 bits per heavy atom. The van der Waals surface area contributed by atoms with Gasteiger partial charge in [-0.3, -0.25) is 9.69 Å². The van der Waals surface area contributed by atoms with Crippen molar-refractivity contribution in [2.24, 2.45) is 0 Å². The van der Waals surface area contributed by atoms with E-state index in [4.69, 9.17) is 16.3 Å². The number of thiophene rings is 1. The highest BCUT2D eigenvalue weighted by Crippen LogP contribution is 2.35. The van der Waals surface area contributed by atoms with Crippen LogP contribution in [0.3, 0.4) is 0 Å². The average Bonchev–Trinajstić information content (AvgIpc) is 3.16. The molecule has 1 aliphatic heterocycles. The third-order valence-corrected chi connectivity index (χ3v) is 5.35. The summed E-state index contributed by atoms with van der Waals surface area (Å²) >= 11 is 7.76. The van der Waals surface area contributed by atoms with Gasteiger partial charge in [0.25, 0.3) is 5.91 Å². The molecule has 1 aromatic carbocycles. The quantitative estimate of drug-likeness (QED) is 0.655. The molecular weight excluding hydrogens is 364 g/mol. The number of amides is 3. The summed E-state index contributed by atoms with van der Waals surface area (Å²) in [6, 6.07) is 7.19. The predicted octanol–water partition coefficient (Wildman–Crippen LogP) is 3.05. The van der Waals surface area contributed by atoms with E-state index in [0.29, 0.717) is 11.6 Å². The Bertz CT molecular complexity index is 877. The Morgan fingerprint density at radius 2 is 2.16 bits per heavy atom. The van der Waals surface area contributed by atoms with Crippen LogP contribution in [0.2, 0.25) is 5.02 Å². The molecule has 1 atom stereocenters. The second kappa shape index (κ2) is 7.25. The molecule has 0 unspecified atom stereocenters. The minimum Gasteiger partial charge on any atom is -0.449 e. The van der Waals surface area contributed by atoms with Crippen LogP contribution in [-0.4, -0.2) is 42.0 Å². The van der Waals surface area contributed by atoms with Crippen LogP contribution in [0.1, 0.15) is 11.8 Å². The van der Waals surface area contributed by atoms with Crippen molar-refractivity contribution >= 4 is 57.0 Å². The number of nitrogens with one attached hydrogen (secondary N) is 1. The van der Waals surface area contributed by atoms with Gasteiger partial charge in [0, 0.05) is 34.1 Å². The van der Waals surface area contributed by atoms with Crippen molar-refractivity contribution in [1.82, 2.24) is 10.2 Å². The first-order chi connectivity index (χ1) is 12.0. The molecule has 1 aliphatic rings. The van der Waals surface area contributed by atoms with Gasteiger partial charge in [-0.1, -0.05) is 29.8 Å². The van der Waals surface area contributed by atoms with Gasteiger partial charge in [0.05, 0.1) is 5.02 Å². The summed E-state index contributed by atoms with van der Waals surface area (Å²) in [7, 11) is 0. The zero-order chi connectivity index (χ0) is 18.0. The van der Waals surface area contributed by atoms with Crippen LogP contribution in [0.15, 0.2) is 30.3 Å². The molecule has 0 bridgehead atoms. The maximum Gasteiger partial charge on any atom is 0.331 e. The number of carbonyl (C=O) groups is 3. The number of halogens is 1. The van der Waals surface area contributed by atoms with Crippen molar-refractivity contribution in [3.8, 4) is 0 Å². The molecule has 0 saturated carbocycles. The van der Waals surface area contributed by atoms with Gasteiger partial charge < -0.3 is 10.1 Å². The van der Waals surface area contributed by atoms with Crippen LogP contribution in [0.4, 0.5) is 4.79 Å². The highest BCUT2D eigenvalue weighted by molar-refractivity contribution is 7.20. The fraction of sp³-hybridized carbons (Fsp3) is 0.235. The second-order valence-corrected chi connectivity index (χ2v) is 6.87. The molecule has 8 heteroatoms. The molecule has 130 valence electrons. The normalized spacial score (nSPS) is 15.6. The highest BCUT2D eigenvalue weighted by Gasteiger charge is 2.31. The predicted molar refractivity (Wildman–Crippen MR) is 96.5 cm³/mol. The Balaban J connectivity index is 1.65. The van der Waals surface area contributed by atoms with Crippen LogP contribution in [0, 0.1) is 0 Å². The summed E-state index contributed by atoms with van der Waals surface area (Å²) in [6.07, 6.45) is 1.75. The third kappa shape index (κ3) is 3.67. The maximum absolute atomic E-state index is 12.1. The first-order valence-corrected chi connectivity index (χ1v) is 8.81. The molecule has 0 radical (unpaired) electrons. The number of fused-ring (bicyclic) bond motifs is 1. The lowest BCUT2D eigenvalue weighted by molar-refractivity contribution is -0.153. The molecule has 1 fully saturated rings. The number of hydrogen-bond acceptors (Lipinski definition) is 5. The molecule has 6 nitrogen and oxygen atoms in total. The van der Waals surface area contributed by atoms with Crippen molar-refractivity contribution in [1.29, 1.82) is 0 Å². The molecular formula is C17H15ClN2O4S. The number of esters is 1. The molecule has 1 saturated heterocycles. The fourth-order valence-electron chi connectivity index (χ4n) is 2.45. The highest BCUT2D eigenvalue weighted by atomic mass is 35.5. The van der Waals surface area contributed by atoms with E-state index in [2.05, 4.69) is 5.32 Å². The maximum atomic E-state index is 12.1. The zero-order valence-corrected chi connectivity index (χ0v) is 14.9. The van der Waals surface area contributed by atoms with Crippen LogP contribution >= 0.6 is 22.9 Å². The van der Waals surface area contributed by atoms with Crippen LogP contribution in [0.5, 0.6) is 0 Å². The van der Waals surface area contributed by atoms with E-state index < -0.39 is 24.0 Å². The number of rotatable bonds is 4. The third-order valence-electron chi connectivity index (χ3n) is 3.69. The number of benzene rings is 1.